The Balaban J connectivity index is 2.61. The molecule has 0 saturated carbocycles. The van der Waals surface area contributed by atoms with Gasteiger partial charge in [-0.3, -0.25) is 4.79 Å². The minimum absolute atomic E-state index is 0.140. The van der Waals surface area contributed by atoms with Gasteiger partial charge in [0.2, 0.25) is 0 Å². The first-order valence-electron chi connectivity index (χ1n) is 8.51. The summed E-state index contributed by atoms with van der Waals surface area (Å²) in [5, 5.41) is 0. The van der Waals surface area contributed by atoms with Gasteiger partial charge in [0.1, 0.15) is 11.6 Å². The first-order chi connectivity index (χ1) is 11.1. The van der Waals surface area contributed by atoms with Crippen molar-refractivity contribution in [2.24, 2.45) is 10.7 Å². The van der Waals surface area contributed by atoms with Crippen molar-refractivity contribution in [1.82, 2.24) is 4.31 Å². The maximum Gasteiger partial charge on any atom is 0.199 e. The Morgan fingerprint density at radius 1 is 1.36 bits per heavy atom. The summed E-state index contributed by atoms with van der Waals surface area (Å²) in [4.78, 5) is 16.5. The topological polar surface area (TPSA) is 58.7 Å². The van der Waals surface area contributed by atoms with Crippen molar-refractivity contribution in [2.45, 2.75) is 32.2 Å². The van der Waals surface area contributed by atoms with Crippen molar-refractivity contribution in [3.05, 3.63) is 35.1 Å². The van der Waals surface area contributed by atoms with Gasteiger partial charge in [-0.15, -0.1) is 0 Å². The molecule has 1 aliphatic rings. The average molecular weight is 370 g/mol. The lowest BCUT2D eigenvalue weighted by molar-refractivity contribution is -0.118. The number of benzene rings is 1. The predicted octanol–water partition coefficient (Wildman–Crippen LogP) is 3.13. The number of ketones is 1. The summed E-state index contributed by atoms with van der Waals surface area (Å²) in [6.45, 7) is 3.78. The van der Waals surface area contributed by atoms with Crippen LogP contribution in [-0.4, -0.2) is 53.9 Å². The molecule has 0 saturated heterocycles. The number of hydrogen-bond donors (Lipinski definition) is 1. The fourth-order valence-corrected chi connectivity index (χ4v) is 7.56. The molecular formula is C19H32FN3OS. The minimum atomic E-state index is -2.74. The van der Waals surface area contributed by atoms with E-state index >= 15 is 0 Å². The first kappa shape index (κ1) is 19.8. The van der Waals surface area contributed by atoms with E-state index in [1.807, 2.05) is 20.9 Å². The molecule has 1 atom stereocenters. The molecule has 0 amide bonds. The predicted molar refractivity (Wildman–Crippen MR) is 108 cm³/mol. The van der Waals surface area contributed by atoms with E-state index in [4.69, 9.17) is 5.73 Å². The van der Waals surface area contributed by atoms with Gasteiger partial charge in [-0.2, -0.15) is 0 Å². The van der Waals surface area contributed by atoms with Gasteiger partial charge in [-0.25, -0.2) is 17.9 Å². The highest BCUT2D eigenvalue weighted by Gasteiger charge is 2.55. The molecule has 0 aliphatic carbocycles. The number of halogens is 1. The third-order valence-electron chi connectivity index (χ3n) is 5.30. The van der Waals surface area contributed by atoms with Gasteiger partial charge in [-0.05, 0) is 49.6 Å². The van der Waals surface area contributed by atoms with Gasteiger partial charge in [0.15, 0.2) is 5.96 Å². The number of Topliss-reactive ketones (excluding diaryl/α,β-unsaturated/α-hetero) is 1. The van der Waals surface area contributed by atoms with Crippen LogP contribution in [0.1, 0.15) is 31.4 Å². The Labute approximate surface area is 150 Å². The summed E-state index contributed by atoms with van der Waals surface area (Å²) >= 11 is 0. The van der Waals surface area contributed by atoms with Gasteiger partial charge < -0.3 is 10.0 Å². The second-order valence-corrected chi connectivity index (χ2v) is 19.5. The van der Waals surface area contributed by atoms with Crippen LogP contribution in [0.25, 0.3) is 0 Å². The SMILES string of the molecule is CCC(=O)Cc1ccc(F)c([C@]2(C)CS(C)(C)(C)(C)N(C)C(N)=N2)c1. The third-order valence-corrected chi connectivity index (χ3v) is 9.91. The smallest absolute Gasteiger partial charge is 0.199 e. The Kier molecular flexibility index (Phi) is 4.13. The highest BCUT2D eigenvalue weighted by molar-refractivity contribution is 8.61. The van der Waals surface area contributed by atoms with Gasteiger partial charge in [-0.1, -0.05) is 13.0 Å². The number of carbonyl (C=O) groups excluding carboxylic acids is 1. The van der Waals surface area contributed by atoms with Crippen LogP contribution in [0.2, 0.25) is 0 Å². The van der Waals surface area contributed by atoms with Crippen LogP contribution >= 0.6 is 8.48 Å². The molecule has 4 nitrogen and oxygen atoms in total. The largest absolute Gasteiger partial charge is 0.369 e. The molecule has 2 N–H and O–H groups in total. The lowest BCUT2D eigenvalue weighted by atomic mass is 9.91. The molecule has 1 aromatic rings. The summed E-state index contributed by atoms with van der Waals surface area (Å²) in [5.41, 5.74) is 6.83. The number of hydrogen-bond acceptors (Lipinski definition) is 4. The van der Waals surface area contributed by atoms with Gasteiger partial charge >= 0.3 is 0 Å². The van der Waals surface area contributed by atoms with Crippen LogP contribution in [0.4, 0.5) is 4.39 Å². The zero-order valence-corrected chi connectivity index (χ0v) is 17.3. The number of nitrogens with two attached hydrogens (primary N) is 1. The molecular weight excluding hydrogens is 337 g/mol. The zero-order chi connectivity index (χ0) is 19.3. The van der Waals surface area contributed by atoms with Gasteiger partial charge in [0, 0.05) is 31.2 Å². The van der Waals surface area contributed by atoms with Crippen LogP contribution in [0.15, 0.2) is 23.2 Å². The molecule has 1 aliphatic heterocycles. The molecule has 0 spiro atoms. The molecule has 0 unspecified atom stereocenters. The fourth-order valence-electron chi connectivity index (χ4n) is 3.73. The van der Waals surface area contributed by atoms with E-state index in [2.05, 4.69) is 34.3 Å². The lowest BCUT2D eigenvalue weighted by Gasteiger charge is -2.78. The van der Waals surface area contributed by atoms with E-state index in [0.29, 0.717) is 30.1 Å². The van der Waals surface area contributed by atoms with E-state index in [1.165, 1.54) is 6.07 Å². The maximum atomic E-state index is 14.7. The first-order valence-corrected chi connectivity index (χ1v) is 12.7. The summed E-state index contributed by atoms with van der Waals surface area (Å²) in [6.07, 6.45) is 9.69. The standard InChI is InChI=1S/C19H32FN3OS/c1-8-15(24)11-14-9-10-17(20)16(12-14)19(2)13-25(4,5,6,7)23(3)18(21)22-19/h9-10,12H,8,11,13H2,1-7H3,(H2,21,22)/t19-/m0/s1. The van der Waals surface area contributed by atoms with E-state index < -0.39 is 14.0 Å². The van der Waals surface area contributed by atoms with Crippen LogP contribution in [-0.2, 0) is 16.8 Å². The van der Waals surface area contributed by atoms with E-state index in [9.17, 15) is 9.18 Å². The fraction of sp³-hybridized carbons (Fsp3) is 0.579. The second kappa shape index (κ2) is 5.22. The highest BCUT2D eigenvalue weighted by atomic mass is 32.4. The summed E-state index contributed by atoms with van der Waals surface area (Å²) in [6, 6.07) is 4.92. The Hall–Kier alpha value is -1.56. The summed E-state index contributed by atoms with van der Waals surface area (Å²) < 4.78 is 16.8. The molecule has 6 heteroatoms. The molecule has 2 rings (SSSR count). The molecule has 1 heterocycles. The molecule has 25 heavy (non-hydrogen) atoms. The maximum absolute atomic E-state index is 14.7. The summed E-state index contributed by atoms with van der Waals surface area (Å²) in [7, 11) is -0.776. The zero-order valence-electron chi connectivity index (χ0n) is 16.5. The number of carbonyl (C=O) groups is 1. The van der Waals surface area contributed by atoms with Crippen LogP contribution in [0.3, 0.4) is 0 Å². The van der Waals surface area contributed by atoms with Crippen molar-refractivity contribution in [3.63, 3.8) is 0 Å². The molecule has 0 bridgehead atoms. The lowest BCUT2D eigenvalue weighted by Crippen LogP contribution is -2.61. The van der Waals surface area contributed by atoms with Crippen molar-refractivity contribution in [3.8, 4) is 0 Å². The normalized spacial score (nSPS) is 29.6. The van der Waals surface area contributed by atoms with E-state index in [-0.39, 0.29) is 11.6 Å². The van der Waals surface area contributed by atoms with Crippen LogP contribution < -0.4 is 5.73 Å². The van der Waals surface area contributed by atoms with Crippen molar-refractivity contribution < 1.29 is 9.18 Å². The molecule has 0 aromatic heterocycles. The highest BCUT2D eigenvalue weighted by Crippen LogP contribution is 2.83. The average Bonchev–Trinajstić information content (AvgIpc) is 2.45. The number of rotatable bonds is 4. The molecule has 0 radical (unpaired) electrons. The Morgan fingerprint density at radius 3 is 2.48 bits per heavy atom. The number of nitrogens with zero attached hydrogens (tertiary/aromatic N) is 2. The Morgan fingerprint density at radius 2 is 1.96 bits per heavy atom. The Bertz CT molecular complexity index is 765. The monoisotopic (exact) mass is 369 g/mol. The van der Waals surface area contributed by atoms with E-state index in [1.54, 1.807) is 12.1 Å². The van der Waals surface area contributed by atoms with Crippen molar-refractivity contribution in [1.29, 1.82) is 0 Å². The second-order valence-electron chi connectivity index (χ2n) is 9.73. The van der Waals surface area contributed by atoms with Crippen molar-refractivity contribution in [2.75, 3.05) is 37.8 Å². The van der Waals surface area contributed by atoms with Crippen LogP contribution in [0.5, 0.6) is 0 Å². The molecule has 1 aromatic carbocycles. The van der Waals surface area contributed by atoms with Crippen molar-refractivity contribution >= 4 is 20.2 Å². The minimum Gasteiger partial charge on any atom is -0.369 e. The van der Waals surface area contributed by atoms with E-state index in [0.717, 1.165) is 5.56 Å². The summed E-state index contributed by atoms with van der Waals surface area (Å²) in [5.74, 6) is 0.956. The van der Waals surface area contributed by atoms with Gasteiger partial charge in [0.25, 0.3) is 0 Å². The molecule has 0 fully saturated rings. The third kappa shape index (κ3) is 3.68. The van der Waals surface area contributed by atoms with Crippen LogP contribution in [0, 0.1) is 5.82 Å². The quantitative estimate of drug-likeness (QED) is 0.887. The van der Waals surface area contributed by atoms with Gasteiger partial charge in [0.05, 0.1) is 5.54 Å². The molecule has 142 valence electrons. The number of guanidine groups is 1. The number of aliphatic imine (C=N–C) groups is 1.